The molecule has 0 amide bonds. The molecule has 0 aliphatic heterocycles. The van der Waals surface area contributed by atoms with Crippen LogP contribution in [0.15, 0.2) is 0 Å². The quantitative estimate of drug-likeness (QED) is 0.435. The van der Waals surface area contributed by atoms with Crippen molar-refractivity contribution in [3.8, 4) is 0 Å². The van der Waals surface area contributed by atoms with Crippen molar-refractivity contribution in [1.29, 1.82) is 0 Å². The lowest BCUT2D eigenvalue weighted by Gasteiger charge is -2.15. The van der Waals surface area contributed by atoms with Crippen LogP contribution in [-0.4, -0.2) is 37.6 Å². The van der Waals surface area contributed by atoms with Crippen LogP contribution in [0.2, 0.25) is 0 Å². The smallest absolute Gasteiger partial charge is 0.307 e. The monoisotopic (exact) mass is 214 g/mol. The maximum Gasteiger partial charge on any atom is 0.307 e. The summed E-state index contributed by atoms with van der Waals surface area (Å²) in [6.45, 7) is 7.76. The van der Waals surface area contributed by atoms with E-state index in [0.717, 1.165) is 13.1 Å². The van der Waals surface area contributed by atoms with E-state index < -0.39 is 0 Å². The SMILES string of the molecule is [CH2]COC(=O)CCN(C)CCCCCC. The maximum absolute atomic E-state index is 11.0. The van der Waals surface area contributed by atoms with Crippen molar-refractivity contribution in [3.05, 3.63) is 6.92 Å². The van der Waals surface area contributed by atoms with Crippen molar-refractivity contribution in [1.82, 2.24) is 4.90 Å². The number of rotatable bonds is 9. The largest absolute Gasteiger partial charge is 0.466 e. The number of carbonyl (C=O) groups is 1. The van der Waals surface area contributed by atoms with Crippen LogP contribution in [0.4, 0.5) is 0 Å². The maximum atomic E-state index is 11.0. The Hall–Kier alpha value is -0.570. The van der Waals surface area contributed by atoms with E-state index in [1.807, 2.05) is 7.05 Å². The number of ether oxygens (including phenoxy) is 1. The van der Waals surface area contributed by atoms with Crippen LogP contribution in [0.1, 0.15) is 39.0 Å². The molecule has 0 aromatic heterocycles. The Kier molecular flexibility index (Phi) is 9.59. The summed E-state index contributed by atoms with van der Waals surface area (Å²) < 4.78 is 4.76. The summed E-state index contributed by atoms with van der Waals surface area (Å²) in [5.74, 6) is -0.148. The minimum atomic E-state index is -0.148. The van der Waals surface area contributed by atoms with Crippen molar-refractivity contribution in [2.24, 2.45) is 0 Å². The van der Waals surface area contributed by atoms with Crippen LogP contribution in [0, 0.1) is 6.92 Å². The molecule has 0 aromatic rings. The molecule has 15 heavy (non-hydrogen) atoms. The molecule has 0 spiro atoms. The Balaban J connectivity index is 3.32. The molecule has 0 rings (SSSR count). The lowest BCUT2D eigenvalue weighted by Crippen LogP contribution is -2.23. The van der Waals surface area contributed by atoms with E-state index in [9.17, 15) is 4.79 Å². The molecule has 0 saturated carbocycles. The minimum Gasteiger partial charge on any atom is -0.466 e. The van der Waals surface area contributed by atoms with Crippen LogP contribution in [0.3, 0.4) is 0 Å². The van der Waals surface area contributed by atoms with Gasteiger partial charge < -0.3 is 9.64 Å². The first-order valence-corrected chi connectivity index (χ1v) is 5.84. The molecule has 1 radical (unpaired) electrons. The van der Waals surface area contributed by atoms with Crippen molar-refractivity contribution in [2.75, 3.05) is 26.7 Å². The Morgan fingerprint density at radius 3 is 2.60 bits per heavy atom. The normalized spacial score (nSPS) is 10.7. The van der Waals surface area contributed by atoms with Crippen LogP contribution in [0.5, 0.6) is 0 Å². The Bertz CT molecular complexity index is 160. The fourth-order valence-corrected chi connectivity index (χ4v) is 1.39. The van der Waals surface area contributed by atoms with Crippen molar-refractivity contribution in [3.63, 3.8) is 0 Å². The lowest BCUT2D eigenvalue weighted by molar-refractivity contribution is -0.142. The summed E-state index contributed by atoms with van der Waals surface area (Å²) in [6.07, 6.45) is 5.54. The van der Waals surface area contributed by atoms with E-state index in [2.05, 4.69) is 18.7 Å². The predicted octanol–water partition coefficient (Wildman–Crippen LogP) is 2.27. The molecule has 0 aliphatic rings. The van der Waals surface area contributed by atoms with E-state index in [4.69, 9.17) is 4.74 Å². The Morgan fingerprint density at radius 2 is 2.00 bits per heavy atom. The molecule has 0 heterocycles. The number of unbranched alkanes of at least 4 members (excludes halogenated alkanes) is 3. The summed E-state index contributed by atoms with van der Waals surface area (Å²) >= 11 is 0. The third-order valence-electron chi connectivity index (χ3n) is 2.35. The number of hydrogen-bond donors (Lipinski definition) is 0. The standard InChI is InChI=1S/C12H24NO2/c1-4-6-7-8-10-13(3)11-9-12(14)15-5-2/h2,4-11H2,1,3H3. The first-order chi connectivity index (χ1) is 7.20. The fourth-order valence-electron chi connectivity index (χ4n) is 1.39. The number of carbonyl (C=O) groups excluding carboxylic acids is 1. The summed E-state index contributed by atoms with van der Waals surface area (Å²) in [6, 6.07) is 0. The third kappa shape index (κ3) is 9.73. The van der Waals surface area contributed by atoms with E-state index in [0.29, 0.717) is 6.42 Å². The van der Waals surface area contributed by atoms with E-state index >= 15 is 0 Å². The highest BCUT2D eigenvalue weighted by atomic mass is 16.5. The molecule has 89 valence electrons. The topological polar surface area (TPSA) is 29.5 Å². The predicted molar refractivity (Wildman–Crippen MR) is 62.6 cm³/mol. The fraction of sp³-hybridized carbons (Fsp3) is 0.833. The van der Waals surface area contributed by atoms with Gasteiger partial charge in [0.05, 0.1) is 13.0 Å². The minimum absolute atomic E-state index is 0.148. The zero-order valence-corrected chi connectivity index (χ0v) is 10.1. The van der Waals surface area contributed by atoms with Gasteiger partial charge in [0.1, 0.15) is 0 Å². The Labute approximate surface area is 93.8 Å². The van der Waals surface area contributed by atoms with Crippen LogP contribution in [-0.2, 0) is 9.53 Å². The summed E-state index contributed by atoms with van der Waals surface area (Å²) in [4.78, 5) is 13.2. The van der Waals surface area contributed by atoms with Gasteiger partial charge in [0.25, 0.3) is 0 Å². The second-order valence-corrected chi connectivity index (χ2v) is 3.83. The van der Waals surface area contributed by atoms with Gasteiger partial charge >= 0.3 is 5.97 Å². The van der Waals surface area contributed by atoms with Gasteiger partial charge in [-0.15, -0.1) is 0 Å². The molecule has 3 heteroatoms. The average Bonchev–Trinajstić information content (AvgIpc) is 2.22. The molecule has 0 bridgehead atoms. The lowest BCUT2D eigenvalue weighted by atomic mass is 10.2. The highest BCUT2D eigenvalue weighted by Gasteiger charge is 2.04. The van der Waals surface area contributed by atoms with Gasteiger partial charge in [-0.25, -0.2) is 0 Å². The highest BCUT2D eigenvalue weighted by Crippen LogP contribution is 2.00. The van der Waals surface area contributed by atoms with Gasteiger partial charge in [0, 0.05) is 6.54 Å². The number of esters is 1. The van der Waals surface area contributed by atoms with Crippen LogP contribution < -0.4 is 0 Å². The molecule has 0 fully saturated rings. The first-order valence-electron chi connectivity index (χ1n) is 5.84. The zero-order chi connectivity index (χ0) is 11.5. The van der Waals surface area contributed by atoms with Crippen LogP contribution >= 0.6 is 0 Å². The van der Waals surface area contributed by atoms with Gasteiger partial charge in [-0.05, 0) is 26.9 Å². The van der Waals surface area contributed by atoms with E-state index in [-0.39, 0.29) is 12.6 Å². The van der Waals surface area contributed by atoms with E-state index in [1.54, 1.807) is 0 Å². The third-order valence-corrected chi connectivity index (χ3v) is 2.35. The molecule has 0 N–H and O–H groups in total. The zero-order valence-electron chi connectivity index (χ0n) is 10.1. The number of nitrogens with zero attached hydrogens (tertiary/aromatic N) is 1. The van der Waals surface area contributed by atoms with Crippen molar-refractivity contribution >= 4 is 5.97 Å². The van der Waals surface area contributed by atoms with Crippen LogP contribution in [0.25, 0.3) is 0 Å². The number of hydrogen-bond acceptors (Lipinski definition) is 3. The van der Waals surface area contributed by atoms with E-state index in [1.165, 1.54) is 25.7 Å². The van der Waals surface area contributed by atoms with Gasteiger partial charge in [0.2, 0.25) is 0 Å². The average molecular weight is 214 g/mol. The molecule has 0 saturated heterocycles. The van der Waals surface area contributed by atoms with Gasteiger partial charge in [-0.2, -0.15) is 0 Å². The summed E-state index contributed by atoms with van der Waals surface area (Å²) in [5, 5.41) is 0. The molecular weight excluding hydrogens is 190 g/mol. The highest BCUT2D eigenvalue weighted by molar-refractivity contribution is 5.69. The summed E-state index contributed by atoms with van der Waals surface area (Å²) in [7, 11) is 2.05. The molecular formula is C12H24NO2. The molecule has 0 unspecified atom stereocenters. The second-order valence-electron chi connectivity index (χ2n) is 3.83. The van der Waals surface area contributed by atoms with Gasteiger partial charge in [-0.3, -0.25) is 4.79 Å². The van der Waals surface area contributed by atoms with Crippen molar-refractivity contribution < 1.29 is 9.53 Å². The molecule has 3 nitrogen and oxygen atoms in total. The Morgan fingerprint density at radius 1 is 1.27 bits per heavy atom. The molecule has 0 atom stereocenters. The summed E-state index contributed by atoms with van der Waals surface area (Å²) in [5.41, 5.74) is 0. The van der Waals surface area contributed by atoms with Gasteiger partial charge in [-0.1, -0.05) is 26.2 Å². The van der Waals surface area contributed by atoms with Gasteiger partial charge in [0.15, 0.2) is 0 Å². The molecule has 0 aliphatic carbocycles. The first kappa shape index (κ1) is 14.4. The molecule has 0 aromatic carbocycles. The second kappa shape index (κ2) is 9.97. The van der Waals surface area contributed by atoms with Crippen molar-refractivity contribution in [2.45, 2.75) is 39.0 Å².